The molecule has 0 aliphatic carbocycles. The van der Waals surface area contributed by atoms with Crippen LogP contribution in [0.2, 0.25) is 0 Å². The van der Waals surface area contributed by atoms with Gasteiger partial charge in [-0.1, -0.05) is 24.3 Å². The molecule has 3 rings (SSSR count). The first-order valence-corrected chi connectivity index (χ1v) is 10.7. The second-order valence-corrected chi connectivity index (χ2v) is 8.43. The number of sulfonamides is 1. The lowest BCUT2D eigenvalue weighted by atomic mass is 9.96. The maximum absolute atomic E-state index is 12.4. The van der Waals surface area contributed by atoms with E-state index in [0.29, 0.717) is 16.6 Å². The second-order valence-electron chi connectivity index (χ2n) is 5.90. The highest BCUT2D eigenvalue weighted by molar-refractivity contribution is 7.90. The first kappa shape index (κ1) is 20.6. The molecule has 3 aromatic rings. The molecule has 2 aromatic carbocycles. The van der Waals surface area contributed by atoms with E-state index in [-0.39, 0.29) is 22.1 Å². The normalized spacial score (nSPS) is 13.4. The molecule has 0 aliphatic heterocycles. The van der Waals surface area contributed by atoms with Crippen LogP contribution < -0.4 is 33.1 Å². The van der Waals surface area contributed by atoms with Crippen LogP contribution in [-0.4, -0.2) is 23.4 Å². The molecule has 0 saturated heterocycles. The lowest BCUT2D eigenvalue weighted by molar-refractivity contribution is 0.594. The number of primary sulfonamides is 1. The number of rotatable bonds is 5. The number of nitrogens with two attached hydrogens (primary N) is 5. The Bertz CT molecular complexity index is 1270. The molecule has 0 radical (unpaired) electrons. The molecule has 0 bridgehead atoms. The number of fused-ring (bicyclic) bond motifs is 1. The van der Waals surface area contributed by atoms with Gasteiger partial charge in [0.2, 0.25) is 10.0 Å². The van der Waals surface area contributed by atoms with Crippen LogP contribution in [0.1, 0.15) is 5.56 Å². The van der Waals surface area contributed by atoms with E-state index in [1.807, 2.05) is 11.6 Å². The Kier molecular flexibility index (Phi) is 5.50. The van der Waals surface area contributed by atoms with Crippen molar-refractivity contribution >= 4 is 43.6 Å². The average molecular weight is 435 g/mol. The van der Waals surface area contributed by atoms with Gasteiger partial charge < -0.3 is 11.5 Å². The molecular formula is C16H18N8O3S2. The second kappa shape index (κ2) is 7.73. The minimum absolute atomic E-state index is 0.113. The van der Waals surface area contributed by atoms with Crippen molar-refractivity contribution in [3.8, 4) is 11.1 Å². The predicted molar refractivity (Wildman–Crippen MR) is 112 cm³/mol. The van der Waals surface area contributed by atoms with Gasteiger partial charge in [-0.05, 0) is 23.8 Å². The van der Waals surface area contributed by atoms with E-state index in [4.69, 9.17) is 27.6 Å². The van der Waals surface area contributed by atoms with E-state index < -0.39 is 25.9 Å². The van der Waals surface area contributed by atoms with Gasteiger partial charge in [0.1, 0.15) is 21.7 Å². The zero-order chi connectivity index (χ0) is 21.3. The summed E-state index contributed by atoms with van der Waals surface area (Å²) in [6, 6.07) is 11.5. The van der Waals surface area contributed by atoms with Crippen molar-refractivity contribution in [3.05, 3.63) is 48.0 Å². The minimum atomic E-state index is -4.41. The molecule has 0 saturated carbocycles. The Balaban J connectivity index is 2.54. The number of hydrogen-bond donors (Lipinski definition) is 6. The fraction of sp³-hybridized carbons (Fsp3) is 0. The van der Waals surface area contributed by atoms with Crippen LogP contribution in [0.25, 0.3) is 22.0 Å². The number of hydrazine groups is 1. The Labute approximate surface area is 168 Å². The zero-order valence-electron chi connectivity index (χ0n) is 14.9. The van der Waals surface area contributed by atoms with Crippen molar-refractivity contribution < 1.29 is 12.6 Å². The summed E-state index contributed by atoms with van der Waals surface area (Å²) in [4.78, 5) is 3.59. The SMILES string of the molecule is NN/N=C(\N)c1c(-c2cccc3ccc(N)nc23)ccc(S(N)=O)c1S(N)(=O)=O. The van der Waals surface area contributed by atoms with Gasteiger partial charge in [0.15, 0.2) is 5.84 Å². The molecule has 1 aromatic heterocycles. The summed E-state index contributed by atoms with van der Waals surface area (Å²) in [5, 5.41) is 15.3. The Morgan fingerprint density at radius 2 is 1.83 bits per heavy atom. The van der Waals surface area contributed by atoms with E-state index in [1.54, 1.807) is 24.3 Å². The lowest BCUT2D eigenvalue weighted by Gasteiger charge is -2.17. The number of hydrazone groups is 1. The first-order valence-electron chi connectivity index (χ1n) is 7.96. The highest BCUT2D eigenvalue weighted by Gasteiger charge is 2.27. The molecule has 29 heavy (non-hydrogen) atoms. The molecule has 1 atom stereocenters. The fourth-order valence-electron chi connectivity index (χ4n) is 2.99. The van der Waals surface area contributed by atoms with Crippen molar-refractivity contribution in [2.75, 3.05) is 5.73 Å². The van der Waals surface area contributed by atoms with Crippen molar-refractivity contribution in [2.24, 2.45) is 27.0 Å². The molecule has 11 nitrogen and oxygen atoms in total. The maximum Gasteiger partial charge on any atom is 0.240 e. The lowest BCUT2D eigenvalue weighted by Crippen LogP contribution is -2.28. The molecule has 11 N–H and O–H groups in total. The highest BCUT2D eigenvalue weighted by Crippen LogP contribution is 2.35. The number of anilines is 1. The number of nitrogens with zero attached hydrogens (tertiary/aromatic N) is 2. The van der Waals surface area contributed by atoms with Gasteiger partial charge in [0.05, 0.1) is 10.4 Å². The van der Waals surface area contributed by atoms with E-state index in [0.717, 1.165) is 5.39 Å². The van der Waals surface area contributed by atoms with Crippen LogP contribution in [-0.2, 0) is 21.0 Å². The van der Waals surface area contributed by atoms with Crippen molar-refractivity contribution in [2.45, 2.75) is 9.79 Å². The van der Waals surface area contributed by atoms with E-state index in [9.17, 15) is 12.6 Å². The number of amidine groups is 1. The van der Waals surface area contributed by atoms with Crippen LogP contribution in [0, 0.1) is 0 Å². The summed E-state index contributed by atoms with van der Waals surface area (Å²) in [6.07, 6.45) is 0. The third kappa shape index (κ3) is 3.90. The number of nitrogens with one attached hydrogen (secondary N) is 1. The molecule has 0 amide bonds. The van der Waals surface area contributed by atoms with E-state index >= 15 is 0 Å². The number of hydrogen-bond acceptors (Lipinski definition) is 8. The fourth-order valence-corrected chi connectivity index (χ4v) is 4.92. The molecule has 13 heteroatoms. The predicted octanol–water partition coefficient (Wildman–Crippen LogP) is -0.804. The van der Waals surface area contributed by atoms with Crippen molar-refractivity contribution in [3.63, 3.8) is 0 Å². The van der Waals surface area contributed by atoms with Gasteiger partial charge in [-0.3, -0.25) is 0 Å². The third-order valence-corrected chi connectivity index (χ3v) is 5.99. The quantitative estimate of drug-likeness (QED) is 0.129. The smallest absolute Gasteiger partial charge is 0.240 e. The van der Waals surface area contributed by atoms with Crippen molar-refractivity contribution in [1.82, 2.24) is 10.5 Å². The number of pyridine rings is 1. The van der Waals surface area contributed by atoms with Gasteiger partial charge in [-0.25, -0.2) is 39.3 Å². The van der Waals surface area contributed by atoms with Crippen molar-refractivity contribution in [1.29, 1.82) is 0 Å². The first-order chi connectivity index (χ1) is 13.6. The largest absolute Gasteiger partial charge is 0.384 e. The zero-order valence-corrected chi connectivity index (χ0v) is 16.5. The number of nitrogen functional groups attached to an aromatic ring is 1. The van der Waals surface area contributed by atoms with E-state index in [1.165, 1.54) is 12.1 Å². The van der Waals surface area contributed by atoms with E-state index in [2.05, 4.69) is 10.1 Å². The topological polar surface area (TPSA) is 219 Å². The maximum atomic E-state index is 12.4. The standard InChI is InChI=1S/C16H18N8O3S2/c17-12-7-4-8-2-1-3-10(14(8)22-12)9-5-6-11(28(20)25)15(29(21,26)27)13(9)16(18)23-24-19/h1-7,24H,19-20H2,(H2,17,22)(H2,18,23)(H2,21,26,27). The summed E-state index contributed by atoms with van der Waals surface area (Å²) in [7, 11) is -6.58. The minimum Gasteiger partial charge on any atom is -0.384 e. The summed E-state index contributed by atoms with van der Waals surface area (Å²) >= 11 is 0. The Morgan fingerprint density at radius 3 is 2.45 bits per heavy atom. The third-order valence-electron chi connectivity index (χ3n) is 4.10. The van der Waals surface area contributed by atoms with Crippen LogP contribution in [0.4, 0.5) is 5.82 Å². The van der Waals surface area contributed by atoms with Gasteiger partial charge in [-0.15, -0.1) is 5.10 Å². The number of benzene rings is 2. The summed E-state index contributed by atoms with van der Waals surface area (Å²) in [5.74, 6) is 5.17. The summed E-state index contributed by atoms with van der Waals surface area (Å²) in [5.41, 5.74) is 15.0. The van der Waals surface area contributed by atoms with Gasteiger partial charge in [0, 0.05) is 16.5 Å². The molecule has 0 aliphatic rings. The summed E-state index contributed by atoms with van der Waals surface area (Å²) < 4.78 is 36.7. The monoisotopic (exact) mass is 434 g/mol. The highest BCUT2D eigenvalue weighted by atomic mass is 32.2. The number of para-hydroxylation sites is 1. The van der Waals surface area contributed by atoms with Gasteiger partial charge in [-0.2, -0.15) is 0 Å². The van der Waals surface area contributed by atoms with Crippen LogP contribution in [0.3, 0.4) is 0 Å². The Hall–Kier alpha value is -3.10. The molecule has 0 fully saturated rings. The average Bonchev–Trinajstić information content (AvgIpc) is 2.65. The Morgan fingerprint density at radius 1 is 1.10 bits per heavy atom. The molecule has 152 valence electrons. The molecule has 1 unspecified atom stereocenters. The van der Waals surface area contributed by atoms with Crippen LogP contribution in [0.15, 0.2) is 57.4 Å². The van der Waals surface area contributed by atoms with Crippen LogP contribution in [0.5, 0.6) is 0 Å². The molecule has 1 heterocycles. The molecular weight excluding hydrogens is 416 g/mol. The van der Waals surface area contributed by atoms with Gasteiger partial charge in [0.25, 0.3) is 0 Å². The summed E-state index contributed by atoms with van der Waals surface area (Å²) in [6.45, 7) is 0. The molecule has 0 spiro atoms. The van der Waals surface area contributed by atoms with Crippen LogP contribution >= 0.6 is 0 Å². The van der Waals surface area contributed by atoms with Gasteiger partial charge >= 0.3 is 0 Å². The number of aromatic nitrogens is 1.